The number of esters is 1. The molecule has 4 rings (SSSR count). The van der Waals surface area contributed by atoms with Crippen LogP contribution in [0, 0.1) is 17.8 Å². The summed E-state index contributed by atoms with van der Waals surface area (Å²) < 4.78 is 34.2. The van der Waals surface area contributed by atoms with Crippen LogP contribution in [-0.4, -0.2) is 17.5 Å². The number of hydrogen-bond acceptors (Lipinski definition) is 2. The summed E-state index contributed by atoms with van der Waals surface area (Å²) in [7, 11) is 0. The second-order valence-electron chi connectivity index (χ2n) is 6.33. The predicted octanol–water partition coefficient (Wildman–Crippen LogP) is 3.32. The maximum absolute atomic E-state index is 14.5. The third-order valence-electron chi connectivity index (χ3n) is 4.90. The molecule has 0 aromatic rings. The van der Waals surface area contributed by atoms with Crippen LogP contribution in [-0.2, 0) is 9.53 Å². The average molecular weight is 256 g/mol. The van der Waals surface area contributed by atoms with Crippen molar-refractivity contribution < 1.29 is 18.3 Å². The molecule has 0 heterocycles. The topological polar surface area (TPSA) is 26.3 Å². The van der Waals surface area contributed by atoms with Crippen LogP contribution in [0.5, 0.6) is 0 Å². The normalized spacial score (nSPS) is 43.8. The van der Waals surface area contributed by atoms with E-state index in [1.54, 1.807) is 0 Å². The molecule has 4 saturated carbocycles. The Morgan fingerprint density at radius 2 is 1.78 bits per heavy atom. The van der Waals surface area contributed by atoms with Gasteiger partial charge in [0.2, 0.25) is 0 Å². The molecule has 0 spiro atoms. The fourth-order valence-corrected chi connectivity index (χ4v) is 4.27. The molecule has 4 aliphatic rings. The Morgan fingerprint density at radius 3 is 2.28 bits per heavy atom. The monoisotopic (exact) mass is 256 g/mol. The van der Waals surface area contributed by atoms with Gasteiger partial charge in [-0.25, -0.2) is 13.6 Å². The van der Waals surface area contributed by atoms with Crippen LogP contribution in [0.15, 0.2) is 12.2 Å². The Balaban J connectivity index is 1.93. The van der Waals surface area contributed by atoms with Gasteiger partial charge in [-0.15, -0.1) is 0 Å². The summed E-state index contributed by atoms with van der Waals surface area (Å²) in [6.45, 7) is 4.98. The van der Waals surface area contributed by atoms with E-state index in [9.17, 15) is 13.6 Å². The van der Waals surface area contributed by atoms with Gasteiger partial charge in [0.25, 0.3) is 5.92 Å². The van der Waals surface area contributed by atoms with E-state index in [2.05, 4.69) is 6.58 Å². The van der Waals surface area contributed by atoms with Crippen LogP contribution in [0.3, 0.4) is 0 Å². The van der Waals surface area contributed by atoms with Gasteiger partial charge in [0.15, 0.2) is 5.60 Å². The van der Waals surface area contributed by atoms with Gasteiger partial charge in [-0.3, -0.25) is 0 Å². The molecule has 18 heavy (non-hydrogen) atoms. The largest absolute Gasteiger partial charge is 0.449 e. The Morgan fingerprint density at radius 1 is 1.22 bits per heavy atom. The molecule has 0 aliphatic heterocycles. The van der Waals surface area contributed by atoms with Crippen molar-refractivity contribution in [3.8, 4) is 0 Å². The molecule has 100 valence electrons. The van der Waals surface area contributed by atoms with E-state index in [1.165, 1.54) is 6.92 Å². The molecule has 2 unspecified atom stereocenters. The summed E-state index contributed by atoms with van der Waals surface area (Å²) in [6.07, 6.45) is 2.86. The summed E-state index contributed by atoms with van der Waals surface area (Å²) >= 11 is 0. The molecule has 4 heteroatoms. The number of carbonyl (C=O) groups excluding carboxylic acids is 1. The van der Waals surface area contributed by atoms with Crippen LogP contribution in [0.1, 0.15) is 39.0 Å². The van der Waals surface area contributed by atoms with Crippen molar-refractivity contribution >= 4 is 5.97 Å². The van der Waals surface area contributed by atoms with E-state index in [4.69, 9.17) is 4.74 Å². The highest BCUT2D eigenvalue weighted by Gasteiger charge is 2.70. The maximum atomic E-state index is 14.5. The number of hydrogen-bond donors (Lipinski definition) is 0. The second-order valence-corrected chi connectivity index (χ2v) is 6.33. The van der Waals surface area contributed by atoms with E-state index in [0.717, 1.165) is 6.42 Å². The summed E-state index contributed by atoms with van der Waals surface area (Å²) in [4.78, 5) is 11.7. The molecule has 0 radical (unpaired) electrons. The number of rotatable bonds is 2. The second kappa shape index (κ2) is 3.55. The van der Waals surface area contributed by atoms with Crippen molar-refractivity contribution in [3.63, 3.8) is 0 Å². The molecule has 2 atom stereocenters. The first-order chi connectivity index (χ1) is 8.34. The van der Waals surface area contributed by atoms with E-state index >= 15 is 0 Å². The molecule has 4 aliphatic carbocycles. The Labute approximate surface area is 105 Å². The van der Waals surface area contributed by atoms with Crippen LogP contribution >= 0.6 is 0 Å². The van der Waals surface area contributed by atoms with Crippen molar-refractivity contribution in [2.75, 3.05) is 0 Å². The van der Waals surface area contributed by atoms with Gasteiger partial charge in [0, 0.05) is 11.5 Å². The number of alkyl halides is 2. The molecule has 4 fully saturated rings. The molecule has 4 bridgehead atoms. The number of ether oxygens (including phenoxy) is 1. The molecule has 0 saturated heterocycles. The first kappa shape index (κ1) is 12.1. The van der Waals surface area contributed by atoms with Gasteiger partial charge < -0.3 is 4.74 Å². The zero-order valence-corrected chi connectivity index (χ0v) is 10.5. The minimum absolute atomic E-state index is 0.196. The van der Waals surface area contributed by atoms with Crippen molar-refractivity contribution in [3.05, 3.63) is 12.2 Å². The lowest BCUT2D eigenvalue weighted by Gasteiger charge is -2.59. The minimum Gasteiger partial charge on any atom is -0.449 e. The van der Waals surface area contributed by atoms with Gasteiger partial charge in [-0.2, -0.15) is 0 Å². The van der Waals surface area contributed by atoms with Crippen molar-refractivity contribution in [2.24, 2.45) is 17.8 Å². The van der Waals surface area contributed by atoms with E-state index in [1.807, 2.05) is 0 Å². The molecular weight excluding hydrogens is 238 g/mol. The lowest BCUT2D eigenvalue weighted by molar-refractivity contribution is -0.294. The Kier molecular flexibility index (Phi) is 2.39. The van der Waals surface area contributed by atoms with E-state index < -0.39 is 23.4 Å². The van der Waals surface area contributed by atoms with Gasteiger partial charge in [0.1, 0.15) is 0 Å². The van der Waals surface area contributed by atoms with Gasteiger partial charge in [-0.05, 0) is 50.9 Å². The quantitative estimate of drug-likeness (QED) is 0.559. The number of halogens is 2. The summed E-state index contributed by atoms with van der Waals surface area (Å²) in [5.41, 5.74) is -1.35. The van der Waals surface area contributed by atoms with Crippen LogP contribution < -0.4 is 0 Å². The fourth-order valence-electron chi connectivity index (χ4n) is 4.27. The summed E-state index contributed by atoms with van der Waals surface area (Å²) in [5, 5.41) is 0. The summed E-state index contributed by atoms with van der Waals surface area (Å²) in [6, 6.07) is 0. The Bertz CT molecular complexity index is 402. The van der Waals surface area contributed by atoms with E-state index in [0.29, 0.717) is 37.5 Å². The highest BCUT2D eigenvalue weighted by atomic mass is 19.3. The molecule has 0 aromatic carbocycles. The first-order valence-electron chi connectivity index (χ1n) is 6.61. The Hall–Kier alpha value is -0.930. The fraction of sp³-hybridized carbons (Fsp3) is 0.786. The first-order valence-corrected chi connectivity index (χ1v) is 6.61. The lowest BCUT2D eigenvalue weighted by Crippen LogP contribution is -2.66. The standard InChI is InChI=1S/C14H18F2O2/c1-8(2)12(17)18-13-6-9-3-10(7-13)5-11(4-9)14(13,15)16/h9-11H,1,3-7H2,2H3. The van der Waals surface area contributed by atoms with Gasteiger partial charge in [-0.1, -0.05) is 6.58 Å². The molecule has 0 aromatic heterocycles. The SMILES string of the molecule is C=C(C)C(=O)OC12CC3CC(CC(C3)C1(F)F)C2. The van der Waals surface area contributed by atoms with Crippen molar-refractivity contribution in [2.45, 2.75) is 50.6 Å². The lowest BCUT2D eigenvalue weighted by atomic mass is 9.52. The third-order valence-corrected chi connectivity index (χ3v) is 4.90. The van der Waals surface area contributed by atoms with Crippen LogP contribution in [0.4, 0.5) is 8.78 Å². The van der Waals surface area contributed by atoms with Gasteiger partial charge >= 0.3 is 5.97 Å². The number of carbonyl (C=O) groups is 1. The van der Waals surface area contributed by atoms with Crippen molar-refractivity contribution in [1.29, 1.82) is 0 Å². The zero-order chi connectivity index (χ0) is 13.1. The smallest absolute Gasteiger partial charge is 0.333 e. The molecule has 2 nitrogen and oxygen atoms in total. The average Bonchev–Trinajstić information content (AvgIpc) is 2.25. The summed E-state index contributed by atoms with van der Waals surface area (Å²) in [5.74, 6) is -3.52. The van der Waals surface area contributed by atoms with Gasteiger partial charge in [0.05, 0.1) is 0 Å². The van der Waals surface area contributed by atoms with Crippen molar-refractivity contribution in [1.82, 2.24) is 0 Å². The molecular formula is C14H18F2O2. The highest BCUT2D eigenvalue weighted by molar-refractivity contribution is 5.87. The highest BCUT2D eigenvalue weighted by Crippen LogP contribution is 2.63. The zero-order valence-electron chi connectivity index (χ0n) is 10.5. The molecule has 0 amide bonds. The van der Waals surface area contributed by atoms with Crippen LogP contribution in [0.2, 0.25) is 0 Å². The maximum Gasteiger partial charge on any atom is 0.333 e. The minimum atomic E-state index is -2.87. The third kappa shape index (κ3) is 1.47. The van der Waals surface area contributed by atoms with Crippen LogP contribution in [0.25, 0.3) is 0 Å². The predicted molar refractivity (Wildman–Crippen MR) is 62.1 cm³/mol. The molecule has 0 N–H and O–H groups in total. The van der Waals surface area contributed by atoms with E-state index in [-0.39, 0.29) is 5.57 Å².